The number of rotatable bonds is 2. The molecular formula is C12H7ClN2O3. The third-order valence-electron chi connectivity index (χ3n) is 2.58. The minimum atomic E-state index is -1.01. The van der Waals surface area contributed by atoms with Crippen molar-refractivity contribution in [3.8, 4) is 11.6 Å². The van der Waals surface area contributed by atoms with Crippen LogP contribution in [-0.4, -0.2) is 20.5 Å². The number of aromatic carboxylic acids is 1. The molecule has 0 spiro atoms. The molecule has 0 atom stereocenters. The number of carbonyl (C=O) groups is 1. The molecule has 1 N–H and O–H groups in total. The summed E-state index contributed by atoms with van der Waals surface area (Å²) in [6, 6.07) is 6.56. The van der Waals surface area contributed by atoms with Gasteiger partial charge in [-0.25, -0.2) is 9.78 Å². The summed E-state index contributed by atoms with van der Waals surface area (Å²) in [5, 5.41) is 9.29. The van der Waals surface area contributed by atoms with Crippen molar-refractivity contribution in [1.82, 2.24) is 9.38 Å². The van der Waals surface area contributed by atoms with Gasteiger partial charge in [0.2, 0.25) is 0 Å². The van der Waals surface area contributed by atoms with E-state index in [1.807, 2.05) is 0 Å². The highest BCUT2D eigenvalue weighted by molar-refractivity contribution is 6.32. The monoisotopic (exact) mass is 262 g/mol. The maximum Gasteiger partial charge on any atom is 0.337 e. The Kier molecular flexibility index (Phi) is 2.34. The molecule has 6 heteroatoms. The molecular weight excluding hydrogens is 256 g/mol. The Labute approximate surface area is 106 Å². The van der Waals surface area contributed by atoms with Crippen molar-refractivity contribution in [3.05, 3.63) is 47.4 Å². The van der Waals surface area contributed by atoms with E-state index in [-0.39, 0.29) is 5.56 Å². The number of furan rings is 1. The van der Waals surface area contributed by atoms with E-state index in [0.717, 1.165) is 0 Å². The van der Waals surface area contributed by atoms with E-state index in [2.05, 4.69) is 4.98 Å². The lowest BCUT2D eigenvalue weighted by atomic mass is 10.3. The zero-order valence-electron chi connectivity index (χ0n) is 9.00. The van der Waals surface area contributed by atoms with Gasteiger partial charge in [-0.05, 0) is 24.3 Å². The molecule has 3 heterocycles. The van der Waals surface area contributed by atoms with E-state index in [1.54, 1.807) is 22.6 Å². The summed E-state index contributed by atoms with van der Waals surface area (Å²) in [5.74, 6) is -0.00495. The first-order valence-corrected chi connectivity index (χ1v) is 5.49. The van der Waals surface area contributed by atoms with Crippen LogP contribution in [0.5, 0.6) is 0 Å². The summed E-state index contributed by atoms with van der Waals surface area (Å²) < 4.78 is 6.85. The molecule has 0 amide bonds. The van der Waals surface area contributed by atoms with Crippen LogP contribution < -0.4 is 0 Å². The van der Waals surface area contributed by atoms with Crippen LogP contribution in [0.25, 0.3) is 17.1 Å². The van der Waals surface area contributed by atoms with Crippen molar-refractivity contribution >= 4 is 23.1 Å². The highest BCUT2D eigenvalue weighted by Gasteiger charge is 2.15. The molecule has 3 rings (SSSR count). The molecule has 0 aliphatic carbocycles. The Morgan fingerprint density at radius 3 is 2.89 bits per heavy atom. The molecule has 0 fully saturated rings. The normalized spacial score (nSPS) is 10.9. The van der Waals surface area contributed by atoms with Gasteiger partial charge in [0.25, 0.3) is 0 Å². The standard InChI is InChI=1S/C12H7ClN2O3/c13-10-8-4-3-7(12(16)17)6-15(8)11(14-10)9-2-1-5-18-9/h1-6H,(H,16,17). The maximum atomic E-state index is 11.0. The van der Waals surface area contributed by atoms with Crippen molar-refractivity contribution in [1.29, 1.82) is 0 Å². The van der Waals surface area contributed by atoms with Gasteiger partial charge in [-0.2, -0.15) is 0 Å². The summed E-state index contributed by atoms with van der Waals surface area (Å²) in [6.45, 7) is 0. The second-order valence-electron chi connectivity index (χ2n) is 3.68. The first-order chi connectivity index (χ1) is 8.66. The van der Waals surface area contributed by atoms with Crippen LogP contribution in [0.3, 0.4) is 0 Å². The Morgan fingerprint density at radius 1 is 1.39 bits per heavy atom. The highest BCUT2D eigenvalue weighted by Crippen LogP contribution is 2.26. The van der Waals surface area contributed by atoms with Crippen LogP contribution in [0.2, 0.25) is 5.15 Å². The van der Waals surface area contributed by atoms with Gasteiger partial charge >= 0.3 is 5.97 Å². The van der Waals surface area contributed by atoms with Gasteiger partial charge in [0.1, 0.15) is 0 Å². The van der Waals surface area contributed by atoms with Crippen LogP contribution in [0.1, 0.15) is 10.4 Å². The van der Waals surface area contributed by atoms with E-state index in [4.69, 9.17) is 21.1 Å². The van der Waals surface area contributed by atoms with Crippen LogP contribution >= 0.6 is 11.6 Å². The number of pyridine rings is 1. The molecule has 0 aliphatic heterocycles. The van der Waals surface area contributed by atoms with Crippen molar-refractivity contribution in [2.24, 2.45) is 0 Å². The molecule has 0 unspecified atom stereocenters. The molecule has 18 heavy (non-hydrogen) atoms. The summed E-state index contributed by atoms with van der Waals surface area (Å²) >= 11 is 6.01. The summed E-state index contributed by atoms with van der Waals surface area (Å²) in [4.78, 5) is 15.1. The smallest absolute Gasteiger partial charge is 0.337 e. The fraction of sp³-hybridized carbons (Fsp3) is 0. The predicted molar refractivity (Wildman–Crippen MR) is 64.9 cm³/mol. The molecule has 0 aromatic carbocycles. The number of nitrogens with zero attached hydrogens (tertiary/aromatic N) is 2. The van der Waals surface area contributed by atoms with E-state index in [1.165, 1.54) is 18.5 Å². The number of fused-ring (bicyclic) bond motifs is 1. The van der Waals surface area contributed by atoms with Crippen LogP contribution in [0.4, 0.5) is 0 Å². The Balaban J connectivity index is 2.32. The van der Waals surface area contributed by atoms with E-state index < -0.39 is 5.97 Å². The zero-order chi connectivity index (χ0) is 12.7. The molecule has 3 aromatic heterocycles. The van der Waals surface area contributed by atoms with Crippen molar-refractivity contribution in [3.63, 3.8) is 0 Å². The van der Waals surface area contributed by atoms with Gasteiger partial charge in [0, 0.05) is 6.20 Å². The largest absolute Gasteiger partial charge is 0.478 e. The molecule has 3 aromatic rings. The number of carboxylic acid groups (broad SMARTS) is 1. The molecule has 5 nitrogen and oxygen atoms in total. The molecule has 0 radical (unpaired) electrons. The van der Waals surface area contributed by atoms with Gasteiger partial charge in [0.15, 0.2) is 16.7 Å². The number of hydrogen-bond acceptors (Lipinski definition) is 3. The highest BCUT2D eigenvalue weighted by atomic mass is 35.5. The second-order valence-corrected chi connectivity index (χ2v) is 4.04. The van der Waals surface area contributed by atoms with Crippen molar-refractivity contribution in [2.45, 2.75) is 0 Å². The average Bonchev–Trinajstić information content (AvgIpc) is 2.97. The number of carboxylic acids is 1. The minimum Gasteiger partial charge on any atom is -0.478 e. The lowest BCUT2D eigenvalue weighted by molar-refractivity contribution is 0.0696. The van der Waals surface area contributed by atoms with Crippen molar-refractivity contribution < 1.29 is 14.3 Å². The molecule has 0 bridgehead atoms. The number of halogens is 1. The van der Waals surface area contributed by atoms with Crippen molar-refractivity contribution in [2.75, 3.05) is 0 Å². The van der Waals surface area contributed by atoms with E-state index in [9.17, 15) is 4.79 Å². The lowest BCUT2D eigenvalue weighted by Gasteiger charge is -2.00. The minimum absolute atomic E-state index is 0.157. The van der Waals surface area contributed by atoms with E-state index >= 15 is 0 Å². The third kappa shape index (κ3) is 1.56. The average molecular weight is 263 g/mol. The fourth-order valence-electron chi connectivity index (χ4n) is 1.75. The lowest BCUT2D eigenvalue weighted by Crippen LogP contribution is -1.99. The first-order valence-electron chi connectivity index (χ1n) is 5.11. The van der Waals surface area contributed by atoms with Gasteiger partial charge in [0.05, 0.1) is 17.3 Å². The Bertz CT molecular complexity index is 731. The number of aromatic nitrogens is 2. The molecule has 0 aliphatic rings. The SMILES string of the molecule is O=C(O)c1ccc2c(Cl)nc(-c3ccco3)n2c1. The van der Waals surface area contributed by atoms with Gasteiger partial charge < -0.3 is 9.52 Å². The Morgan fingerprint density at radius 2 is 2.22 bits per heavy atom. The van der Waals surface area contributed by atoms with Crippen LogP contribution in [0, 0.1) is 0 Å². The van der Waals surface area contributed by atoms with Gasteiger partial charge in [-0.1, -0.05) is 11.6 Å². The van der Waals surface area contributed by atoms with Gasteiger partial charge in [-0.15, -0.1) is 0 Å². The zero-order valence-corrected chi connectivity index (χ0v) is 9.76. The molecule has 90 valence electrons. The quantitative estimate of drug-likeness (QED) is 0.771. The summed E-state index contributed by atoms with van der Waals surface area (Å²) in [7, 11) is 0. The van der Waals surface area contributed by atoms with Crippen LogP contribution in [-0.2, 0) is 0 Å². The Hall–Kier alpha value is -2.27. The third-order valence-corrected chi connectivity index (χ3v) is 2.86. The van der Waals surface area contributed by atoms with E-state index in [0.29, 0.717) is 22.3 Å². The predicted octanol–water partition coefficient (Wildman–Crippen LogP) is 2.95. The van der Waals surface area contributed by atoms with Gasteiger partial charge in [-0.3, -0.25) is 4.40 Å². The molecule has 0 saturated carbocycles. The molecule has 0 saturated heterocycles. The summed E-state index contributed by atoms with van der Waals surface area (Å²) in [5.41, 5.74) is 0.789. The summed E-state index contributed by atoms with van der Waals surface area (Å²) in [6.07, 6.45) is 2.99. The number of hydrogen-bond donors (Lipinski definition) is 1. The fourth-order valence-corrected chi connectivity index (χ4v) is 1.99. The first kappa shape index (κ1) is 10.9. The van der Waals surface area contributed by atoms with Crippen LogP contribution in [0.15, 0.2) is 41.1 Å². The maximum absolute atomic E-state index is 11.0. The number of imidazole rings is 1. The second kappa shape index (κ2) is 3.89. The topological polar surface area (TPSA) is 67.7 Å².